The van der Waals surface area contributed by atoms with E-state index in [0.29, 0.717) is 5.69 Å². The third-order valence-corrected chi connectivity index (χ3v) is 5.43. The van der Waals surface area contributed by atoms with Crippen molar-refractivity contribution in [3.8, 4) is 0 Å². The number of anilines is 2. The molecule has 34 heavy (non-hydrogen) atoms. The molecule has 0 spiro atoms. The van der Waals surface area contributed by atoms with Gasteiger partial charge in [-0.1, -0.05) is 17.7 Å². The van der Waals surface area contributed by atoms with E-state index < -0.39 is 29.7 Å². The molecule has 3 aromatic rings. The van der Waals surface area contributed by atoms with Crippen LogP contribution in [-0.2, 0) is 0 Å². The average molecular weight is 458 g/mol. The van der Waals surface area contributed by atoms with Crippen LogP contribution in [0.1, 0.15) is 62.9 Å². The zero-order chi connectivity index (χ0) is 24.7. The number of amides is 3. The number of carboxylic acid groups (broad SMARTS) is 2. The summed E-state index contributed by atoms with van der Waals surface area (Å²) in [5, 5.41) is 20.8. The lowest BCUT2D eigenvalue weighted by molar-refractivity contribution is 0.0695. The number of hydrogen-bond acceptors (Lipinski definition) is 5. The van der Waals surface area contributed by atoms with Gasteiger partial charge in [0.05, 0.1) is 27.9 Å². The minimum Gasteiger partial charge on any atom is -0.478 e. The first-order chi connectivity index (χ1) is 16.1. The van der Waals surface area contributed by atoms with E-state index in [9.17, 15) is 34.2 Å². The molecule has 0 aromatic heterocycles. The number of rotatable bonds is 5. The number of carboxylic acids is 2. The summed E-state index contributed by atoms with van der Waals surface area (Å²) in [7, 11) is 0. The molecule has 9 heteroatoms. The lowest BCUT2D eigenvalue weighted by Crippen LogP contribution is -2.30. The molecule has 0 bridgehead atoms. The fourth-order valence-corrected chi connectivity index (χ4v) is 3.81. The van der Waals surface area contributed by atoms with E-state index >= 15 is 0 Å². The second kappa shape index (κ2) is 8.28. The Kier molecular flexibility index (Phi) is 5.46. The predicted molar refractivity (Wildman–Crippen MR) is 122 cm³/mol. The minimum atomic E-state index is -1.35. The molecule has 0 unspecified atom stereocenters. The molecule has 0 radical (unpaired) electrons. The smallest absolute Gasteiger partial charge is 0.335 e. The van der Waals surface area contributed by atoms with E-state index in [0.717, 1.165) is 34.2 Å². The summed E-state index contributed by atoms with van der Waals surface area (Å²) in [6, 6.07) is 12.6. The second-order valence-electron chi connectivity index (χ2n) is 7.86. The van der Waals surface area contributed by atoms with E-state index in [1.807, 2.05) is 13.0 Å². The molecule has 0 fully saturated rings. The Morgan fingerprint density at radius 3 is 1.94 bits per heavy atom. The maximum absolute atomic E-state index is 13.1. The first-order valence-electron chi connectivity index (χ1n) is 10.1. The summed E-state index contributed by atoms with van der Waals surface area (Å²) < 4.78 is 0. The van der Waals surface area contributed by atoms with Gasteiger partial charge in [-0.2, -0.15) is 0 Å². The van der Waals surface area contributed by atoms with Gasteiger partial charge in [-0.15, -0.1) is 0 Å². The summed E-state index contributed by atoms with van der Waals surface area (Å²) >= 11 is 0. The number of nitrogens with zero attached hydrogens (tertiary/aromatic N) is 1. The van der Waals surface area contributed by atoms with Crippen LogP contribution in [-0.4, -0.2) is 39.9 Å². The largest absolute Gasteiger partial charge is 0.478 e. The molecular formula is C25H18N2O7. The normalized spacial score (nSPS) is 12.5. The van der Waals surface area contributed by atoms with Gasteiger partial charge >= 0.3 is 11.9 Å². The Balaban J connectivity index is 1.65. The number of benzene rings is 3. The van der Waals surface area contributed by atoms with Crippen molar-refractivity contribution in [2.24, 2.45) is 0 Å². The molecular weight excluding hydrogens is 440 g/mol. The lowest BCUT2D eigenvalue weighted by Gasteiger charge is -2.16. The van der Waals surface area contributed by atoms with Crippen LogP contribution in [0.15, 0.2) is 54.6 Å². The number of carbonyl (C=O) groups is 5. The van der Waals surface area contributed by atoms with Crippen molar-refractivity contribution in [3.05, 3.63) is 93.5 Å². The lowest BCUT2D eigenvalue weighted by atomic mass is 10.0. The summed E-state index contributed by atoms with van der Waals surface area (Å²) in [6.07, 6.45) is 0. The third kappa shape index (κ3) is 3.90. The maximum atomic E-state index is 13.1. The molecule has 3 aromatic carbocycles. The Hall–Kier alpha value is -4.79. The van der Waals surface area contributed by atoms with Crippen molar-refractivity contribution < 1.29 is 34.2 Å². The molecule has 4 rings (SSSR count). The predicted octanol–water partition coefficient (Wildman–Crippen LogP) is 3.75. The van der Waals surface area contributed by atoms with Crippen LogP contribution >= 0.6 is 0 Å². The van der Waals surface area contributed by atoms with Gasteiger partial charge in [-0.05, 0) is 61.9 Å². The topological polar surface area (TPSA) is 141 Å². The van der Waals surface area contributed by atoms with E-state index in [-0.39, 0.29) is 33.5 Å². The number of nitrogens with one attached hydrogen (secondary N) is 1. The highest BCUT2D eigenvalue weighted by Crippen LogP contribution is 2.31. The SMILES string of the molecule is Cc1ccc(N2C(=O)c3ccc(C(=O)Nc4cc(C(=O)O)cc(C(=O)O)c4)cc3C2=O)c(C)c1. The van der Waals surface area contributed by atoms with Crippen molar-refractivity contribution in [1.29, 1.82) is 0 Å². The van der Waals surface area contributed by atoms with Crippen LogP contribution in [0, 0.1) is 13.8 Å². The quantitative estimate of drug-likeness (QED) is 0.495. The molecule has 1 heterocycles. The highest BCUT2D eigenvalue weighted by Gasteiger charge is 2.37. The van der Waals surface area contributed by atoms with Crippen molar-refractivity contribution >= 4 is 41.0 Å². The summed E-state index contributed by atoms with van der Waals surface area (Å²) in [4.78, 5) is 62.4. The van der Waals surface area contributed by atoms with Gasteiger partial charge in [-0.25, -0.2) is 14.5 Å². The Morgan fingerprint density at radius 1 is 0.735 bits per heavy atom. The molecule has 3 amide bonds. The molecule has 3 N–H and O–H groups in total. The van der Waals surface area contributed by atoms with Gasteiger partial charge in [-0.3, -0.25) is 14.4 Å². The molecule has 0 aliphatic carbocycles. The number of aromatic carboxylic acids is 2. The summed E-state index contributed by atoms with van der Waals surface area (Å²) in [5.74, 6) is -4.48. The number of carbonyl (C=O) groups excluding carboxylic acids is 3. The molecule has 0 saturated heterocycles. The maximum Gasteiger partial charge on any atom is 0.335 e. The highest BCUT2D eigenvalue weighted by atomic mass is 16.4. The van der Waals surface area contributed by atoms with E-state index in [1.54, 1.807) is 19.1 Å². The fourth-order valence-electron chi connectivity index (χ4n) is 3.81. The highest BCUT2D eigenvalue weighted by molar-refractivity contribution is 6.35. The minimum absolute atomic E-state index is 0.0397. The summed E-state index contributed by atoms with van der Waals surface area (Å²) in [5.41, 5.74) is 1.78. The number of imide groups is 1. The Bertz CT molecular complexity index is 1390. The first kappa shape index (κ1) is 22.4. The van der Waals surface area contributed by atoms with Gasteiger partial charge in [0.2, 0.25) is 0 Å². The standard InChI is InChI=1S/C25H18N2O7/c1-12-3-6-20(13(2)7-12)27-22(29)18-5-4-14(11-19(18)23(27)30)21(28)26-17-9-15(24(31)32)8-16(10-17)25(33)34/h3-11H,1-2H3,(H,26,28)(H,31,32)(H,33,34). The zero-order valence-corrected chi connectivity index (χ0v) is 18.1. The van der Waals surface area contributed by atoms with E-state index in [2.05, 4.69) is 5.32 Å². The molecule has 0 atom stereocenters. The third-order valence-electron chi connectivity index (χ3n) is 5.43. The van der Waals surface area contributed by atoms with E-state index in [1.165, 1.54) is 18.2 Å². The van der Waals surface area contributed by atoms with Crippen LogP contribution in [0.5, 0.6) is 0 Å². The average Bonchev–Trinajstić information content (AvgIpc) is 3.03. The molecule has 1 aliphatic heterocycles. The van der Waals surface area contributed by atoms with E-state index in [4.69, 9.17) is 0 Å². The number of fused-ring (bicyclic) bond motifs is 1. The Labute approximate surface area is 193 Å². The van der Waals surface area contributed by atoms with Gasteiger partial charge in [0.25, 0.3) is 17.7 Å². The van der Waals surface area contributed by atoms with Crippen LogP contribution in [0.3, 0.4) is 0 Å². The molecule has 170 valence electrons. The van der Waals surface area contributed by atoms with Crippen molar-refractivity contribution in [2.45, 2.75) is 13.8 Å². The van der Waals surface area contributed by atoms with Crippen LogP contribution in [0.25, 0.3) is 0 Å². The van der Waals surface area contributed by atoms with Crippen molar-refractivity contribution in [3.63, 3.8) is 0 Å². The van der Waals surface area contributed by atoms with Gasteiger partial charge < -0.3 is 15.5 Å². The van der Waals surface area contributed by atoms with Gasteiger partial charge in [0.15, 0.2) is 0 Å². The van der Waals surface area contributed by atoms with Gasteiger partial charge in [0, 0.05) is 11.3 Å². The van der Waals surface area contributed by atoms with Gasteiger partial charge in [0.1, 0.15) is 0 Å². The van der Waals surface area contributed by atoms with Crippen LogP contribution in [0.4, 0.5) is 11.4 Å². The monoisotopic (exact) mass is 458 g/mol. The number of aryl methyl sites for hydroxylation is 2. The van der Waals surface area contributed by atoms with Crippen molar-refractivity contribution in [1.82, 2.24) is 0 Å². The molecule has 9 nitrogen and oxygen atoms in total. The second-order valence-corrected chi connectivity index (χ2v) is 7.86. The molecule has 0 saturated carbocycles. The van der Waals surface area contributed by atoms with Crippen molar-refractivity contribution in [2.75, 3.05) is 10.2 Å². The number of hydrogen-bond donors (Lipinski definition) is 3. The fraction of sp³-hybridized carbons (Fsp3) is 0.0800. The summed E-state index contributed by atoms with van der Waals surface area (Å²) in [6.45, 7) is 3.69. The van der Waals surface area contributed by atoms with Crippen LogP contribution in [0.2, 0.25) is 0 Å². The zero-order valence-electron chi connectivity index (χ0n) is 18.1. The van der Waals surface area contributed by atoms with Crippen LogP contribution < -0.4 is 10.2 Å². The first-order valence-corrected chi connectivity index (χ1v) is 10.1. The Morgan fingerprint density at radius 2 is 1.35 bits per heavy atom. The molecule has 1 aliphatic rings.